The van der Waals surface area contributed by atoms with E-state index in [-0.39, 0.29) is 0 Å². The summed E-state index contributed by atoms with van der Waals surface area (Å²) in [6, 6.07) is 0. The lowest BCUT2D eigenvalue weighted by Crippen LogP contribution is -1.97. The fourth-order valence-electron chi connectivity index (χ4n) is 4.68. The first-order chi connectivity index (χ1) is 15.4. The van der Waals surface area contributed by atoms with E-state index in [1.165, 1.54) is 173 Å². The van der Waals surface area contributed by atoms with Crippen molar-refractivity contribution in [2.45, 2.75) is 173 Å². The maximum atomic E-state index is 5.53. The summed E-state index contributed by atoms with van der Waals surface area (Å²) in [4.78, 5) is 0. The summed E-state index contributed by atoms with van der Waals surface area (Å²) < 4.78 is 0. The molecule has 0 aromatic carbocycles. The Morgan fingerprint density at radius 2 is 0.516 bits per heavy atom. The third-order valence-electron chi connectivity index (χ3n) is 6.86. The summed E-state index contributed by atoms with van der Waals surface area (Å²) in [5.74, 6) is 0. The molecule has 1 heteroatoms. The minimum atomic E-state index is 0.873. The number of hydrogen-bond acceptors (Lipinski definition) is 1. The van der Waals surface area contributed by atoms with Crippen LogP contribution < -0.4 is 5.73 Å². The molecule has 0 aliphatic carbocycles. The smallest absolute Gasteiger partial charge is 0.00773 e. The number of nitrogens with two attached hydrogens (primary N) is 1. The molecule has 0 spiro atoms. The van der Waals surface area contributed by atoms with Gasteiger partial charge < -0.3 is 5.73 Å². The van der Waals surface area contributed by atoms with Crippen LogP contribution in [0, 0.1) is 0 Å². The van der Waals surface area contributed by atoms with Gasteiger partial charge in [0.2, 0.25) is 0 Å². The standard InChI is InChI=1S/C30H61N/c1-2-3-4-5-6-7-8-9-10-11-12-13-14-15-16-17-18-19-20-21-22-23-24-25-26-27-28-29-30-31/h2H,1,3-31H2. The maximum absolute atomic E-state index is 5.53. The summed E-state index contributed by atoms with van der Waals surface area (Å²) in [5, 5.41) is 0. The van der Waals surface area contributed by atoms with E-state index in [1.807, 2.05) is 0 Å². The lowest BCUT2D eigenvalue weighted by atomic mass is 10.0. The van der Waals surface area contributed by atoms with Crippen molar-refractivity contribution in [2.24, 2.45) is 5.73 Å². The second-order valence-corrected chi connectivity index (χ2v) is 10.1. The van der Waals surface area contributed by atoms with Crippen LogP contribution in [-0.2, 0) is 0 Å². The average molecular weight is 436 g/mol. The lowest BCUT2D eigenvalue weighted by Gasteiger charge is -2.04. The third kappa shape index (κ3) is 29.7. The van der Waals surface area contributed by atoms with Crippen LogP contribution in [0.4, 0.5) is 0 Å². The summed E-state index contributed by atoms with van der Waals surface area (Å²) in [7, 11) is 0. The Balaban J connectivity index is 2.98. The van der Waals surface area contributed by atoms with Crippen LogP contribution >= 0.6 is 0 Å². The highest BCUT2D eigenvalue weighted by Gasteiger charge is 1.96. The normalized spacial score (nSPS) is 11.3. The zero-order valence-electron chi connectivity index (χ0n) is 21.7. The Kier molecular flexibility index (Phi) is 29.4. The minimum Gasteiger partial charge on any atom is -0.330 e. The average Bonchev–Trinajstić information content (AvgIpc) is 2.78. The molecule has 0 bridgehead atoms. The van der Waals surface area contributed by atoms with E-state index in [2.05, 4.69) is 12.7 Å². The fraction of sp³-hybridized carbons (Fsp3) is 0.933. The topological polar surface area (TPSA) is 26.0 Å². The molecule has 0 fully saturated rings. The number of allylic oxidation sites excluding steroid dienone is 1. The zero-order chi connectivity index (χ0) is 22.5. The van der Waals surface area contributed by atoms with Crippen LogP contribution in [0.5, 0.6) is 0 Å². The first-order valence-electron chi connectivity index (χ1n) is 14.7. The van der Waals surface area contributed by atoms with Gasteiger partial charge in [-0.05, 0) is 25.8 Å². The molecule has 0 radical (unpaired) electrons. The van der Waals surface area contributed by atoms with Crippen LogP contribution in [0.3, 0.4) is 0 Å². The van der Waals surface area contributed by atoms with Gasteiger partial charge in [-0.2, -0.15) is 0 Å². The predicted molar refractivity (Wildman–Crippen MR) is 144 cm³/mol. The molecule has 0 aliphatic heterocycles. The maximum Gasteiger partial charge on any atom is -0.00773 e. The zero-order valence-corrected chi connectivity index (χ0v) is 21.7. The van der Waals surface area contributed by atoms with E-state index in [0.717, 1.165) is 6.54 Å². The summed E-state index contributed by atoms with van der Waals surface area (Å²) in [6.07, 6.45) is 40.8. The Labute approximate surface area is 198 Å². The van der Waals surface area contributed by atoms with E-state index >= 15 is 0 Å². The van der Waals surface area contributed by atoms with Crippen LogP contribution in [0.1, 0.15) is 173 Å². The fourth-order valence-corrected chi connectivity index (χ4v) is 4.68. The number of hydrogen-bond donors (Lipinski definition) is 1. The highest BCUT2D eigenvalue weighted by molar-refractivity contribution is 4.65. The predicted octanol–water partition coefficient (Wildman–Crippen LogP) is 10.7. The molecule has 186 valence electrons. The monoisotopic (exact) mass is 435 g/mol. The molecule has 0 aromatic rings. The van der Waals surface area contributed by atoms with Crippen molar-refractivity contribution in [1.82, 2.24) is 0 Å². The third-order valence-corrected chi connectivity index (χ3v) is 6.86. The van der Waals surface area contributed by atoms with E-state index < -0.39 is 0 Å². The SMILES string of the molecule is C=CCCCCCCCCCCCCCCCCCCCCCCCCCCCCN. The molecule has 0 aliphatic rings. The largest absolute Gasteiger partial charge is 0.330 e. The molecule has 0 heterocycles. The van der Waals surface area contributed by atoms with Gasteiger partial charge >= 0.3 is 0 Å². The second-order valence-electron chi connectivity index (χ2n) is 10.1. The van der Waals surface area contributed by atoms with E-state index in [9.17, 15) is 0 Å². The summed E-state index contributed by atoms with van der Waals surface area (Å²) in [5.41, 5.74) is 5.53. The quantitative estimate of drug-likeness (QED) is 0.0959. The van der Waals surface area contributed by atoms with Crippen LogP contribution in [0.2, 0.25) is 0 Å². The van der Waals surface area contributed by atoms with Crippen molar-refractivity contribution < 1.29 is 0 Å². The molecule has 0 saturated carbocycles. The van der Waals surface area contributed by atoms with Crippen LogP contribution in [0.25, 0.3) is 0 Å². The van der Waals surface area contributed by atoms with E-state index in [1.54, 1.807) is 0 Å². The van der Waals surface area contributed by atoms with Gasteiger partial charge in [-0.3, -0.25) is 0 Å². The molecular weight excluding hydrogens is 374 g/mol. The van der Waals surface area contributed by atoms with Crippen LogP contribution in [0.15, 0.2) is 12.7 Å². The molecule has 0 atom stereocenters. The Hall–Kier alpha value is -0.300. The molecule has 0 aromatic heterocycles. The Bertz CT molecular complexity index is 312. The van der Waals surface area contributed by atoms with Gasteiger partial charge in [0, 0.05) is 0 Å². The molecule has 0 amide bonds. The second kappa shape index (κ2) is 29.7. The highest BCUT2D eigenvalue weighted by Crippen LogP contribution is 2.16. The highest BCUT2D eigenvalue weighted by atomic mass is 14.5. The molecule has 1 nitrogen and oxygen atoms in total. The van der Waals surface area contributed by atoms with Gasteiger partial charge in [-0.25, -0.2) is 0 Å². The molecule has 31 heavy (non-hydrogen) atoms. The number of unbranched alkanes of at least 4 members (excludes halogenated alkanes) is 26. The van der Waals surface area contributed by atoms with Crippen molar-refractivity contribution >= 4 is 0 Å². The van der Waals surface area contributed by atoms with E-state index in [4.69, 9.17) is 5.73 Å². The molecular formula is C30H61N. The van der Waals surface area contributed by atoms with Crippen molar-refractivity contribution in [1.29, 1.82) is 0 Å². The van der Waals surface area contributed by atoms with Crippen molar-refractivity contribution in [3.63, 3.8) is 0 Å². The van der Waals surface area contributed by atoms with E-state index in [0.29, 0.717) is 0 Å². The summed E-state index contributed by atoms with van der Waals surface area (Å²) in [6.45, 7) is 4.66. The van der Waals surface area contributed by atoms with Gasteiger partial charge in [0.1, 0.15) is 0 Å². The Morgan fingerprint density at radius 3 is 0.710 bits per heavy atom. The van der Waals surface area contributed by atoms with Crippen LogP contribution in [-0.4, -0.2) is 6.54 Å². The molecule has 0 rings (SSSR count). The molecule has 2 N–H and O–H groups in total. The first-order valence-corrected chi connectivity index (χ1v) is 14.7. The van der Waals surface area contributed by atoms with Crippen molar-refractivity contribution in [3.05, 3.63) is 12.7 Å². The van der Waals surface area contributed by atoms with Gasteiger partial charge in [0.25, 0.3) is 0 Å². The summed E-state index contributed by atoms with van der Waals surface area (Å²) >= 11 is 0. The van der Waals surface area contributed by atoms with Crippen molar-refractivity contribution in [2.75, 3.05) is 6.54 Å². The van der Waals surface area contributed by atoms with Gasteiger partial charge in [-0.15, -0.1) is 6.58 Å². The Morgan fingerprint density at radius 1 is 0.323 bits per heavy atom. The number of rotatable bonds is 28. The van der Waals surface area contributed by atoms with Gasteiger partial charge in [0.05, 0.1) is 0 Å². The molecule has 0 unspecified atom stereocenters. The molecule has 0 saturated heterocycles. The minimum absolute atomic E-state index is 0.873. The lowest BCUT2D eigenvalue weighted by molar-refractivity contribution is 0.515. The van der Waals surface area contributed by atoms with Crippen molar-refractivity contribution in [3.8, 4) is 0 Å². The van der Waals surface area contributed by atoms with Gasteiger partial charge in [0.15, 0.2) is 0 Å². The first kappa shape index (κ1) is 30.7. The van der Waals surface area contributed by atoms with Gasteiger partial charge in [-0.1, -0.05) is 160 Å².